The number of carboxylic acids is 1. The number of rotatable bonds is 4. The molecular formula is C20H16O4. The minimum atomic E-state index is -1.63. The summed E-state index contributed by atoms with van der Waals surface area (Å²) in [6, 6.07) is 21.3. The Labute approximate surface area is 139 Å². The summed E-state index contributed by atoms with van der Waals surface area (Å²) in [7, 11) is 0. The van der Waals surface area contributed by atoms with E-state index in [2.05, 4.69) is 0 Å². The van der Waals surface area contributed by atoms with Gasteiger partial charge in [-0.1, -0.05) is 60.7 Å². The average molecular weight is 320 g/mol. The molecule has 0 fully saturated rings. The molecule has 0 saturated carbocycles. The Kier molecular flexibility index (Phi) is 3.96. The lowest BCUT2D eigenvalue weighted by Crippen LogP contribution is -2.38. The first-order chi connectivity index (χ1) is 11.6. The lowest BCUT2D eigenvalue weighted by molar-refractivity contribution is -0.140. The summed E-state index contributed by atoms with van der Waals surface area (Å²) in [4.78, 5) is 12.5. The van der Waals surface area contributed by atoms with E-state index in [0.29, 0.717) is 11.1 Å². The Bertz CT molecular complexity index is 818. The van der Waals surface area contributed by atoms with Crippen molar-refractivity contribution in [3.05, 3.63) is 95.6 Å². The second kappa shape index (κ2) is 6.08. The number of benzene rings is 3. The number of hydrogen-bond donors (Lipinski definition) is 3. The largest absolute Gasteiger partial charge is 0.508 e. The number of hydrogen-bond acceptors (Lipinski definition) is 3. The van der Waals surface area contributed by atoms with Crippen LogP contribution in [0.1, 0.15) is 16.7 Å². The predicted molar refractivity (Wildman–Crippen MR) is 90.2 cm³/mol. The van der Waals surface area contributed by atoms with Gasteiger partial charge in [0, 0.05) is 5.56 Å². The first kappa shape index (κ1) is 15.6. The summed E-state index contributed by atoms with van der Waals surface area (Å²) in [5, 5.41) is 30.4. The van der Waals surface area contributed by atoms with Crippen molar-refractivity contribution in [2.45, 2.75) is 5.41 Å². The number of phenolic OH excluding ortho intramolecular Hbond substituents is 2. The molecule has 3 aromatic rings. The van der Waals surface area contributed by atoms with Crippen LogP contribution in [0.25, 0.3) is 0 Å². The molecule has 0 radical (unpaired) electrons. The molecule has 4 heteroatoms. The van der Waals surface area contributed by atoms with E-state index in [9.17, 15) is 20.1 Å². The van der Waals surface area contributed by atoms with E-state index >= 15 is 0 Å². The van der Waals surface area contributed by atoms with Crippen molar-refractivity contribution in [3.63, 3.8) is 0 Å². The molecule has 3 aromatic carbocycles. The normalized spacial score (nSPS) is 11.2. The highest BCUT2D eigenvalue weighted by atomic mass is 16.4. The van der Waals surface area contributed by atoms with E-state index in [0.717, 1.165) is 0 Å². The zero-order valence-electron chi connectivity index (χ0n) is 12.8. The number of carbonyl (C=O) groups is 1. The molecule has 24 heavy (non-hydrogen) atoms. The van der Waals surface area contributed by atoms with Gasteiger partial charge in [-0.25, -0.2) is 0 Å². The Morgan fingerprint density at radius 3 is 1.71 bits per heavy atom. The molecule has 120 valence electrons. The van der Waals surface area contributed by atoms with Crippen molar-refractivity contribution in [2.75, 3.05) is 0 Å². The molecule has 0 amide bonds. The van der Waals surface area contributed by atoms with Crippen molar-refractivity contribution in [1.29, 1.82) is 0 Å². The van der Waals surface area contributed by atoms with Crippen LogP contribution in [0.3, 0.4) is 0 Å². The summed E-state index contributed by atoms with van der Waals surface area (Å²) in [5.41, 5.74) is -0.535. The fraction of sp³-hybridized carbons (Fsp3) is 0.0500. The maximum Gasteiger partial charge on any atom is 0.323 e. The molecule has 0 saturated heterocycles. The van der Waals surface area contributed by atoms with Crippen molar-refractivity contribution >= 4 is 5.97 Å². The van der Waals surface area contributed by atoms with Gasteiger partial charge in [-0.2, -0.15) is 0 Å². The van der Waals surface area contributed by atoms with Crippen LogP contribution >= 0.6 is 0 Å². The standard InChI is InChI=1S/C20H16O4/c21-16-11-12-18(22)17(13-16)20(19(23)24,14-7-3-1-4-8-14)15-9-5-2-6-10-15/h1-13,21-22H,(H,23,24). The number of aromatic hydroxyl groups is 2. The third kappa shape index (κ3) is 2.38. The van der Waals surface area contributed by atoms with Gasteiger partial charge in [0.1, 0.15) is 16.9 Å². The van der Waals surface area contributed by atoms with Crippen LogP contribution in [-0.2, 0) is 10.2 Å². The summed E-state index contributed by atoms with van der Waals surface area (Å²) in [6.07, 6.45) is 0. The van der Waals surface area contributed by atoms with Gasteiger partial charge >= 0.3 is 5.97 Å². The summed E-state index contributed by atoms with van der Waals surface area (Å²) >= 11 is 0. The van der Waals surface area contributed by atoms with E-state index < -0.39 is 11.4 Å². The summed E-state index contributed by atoms with van der Waals surface area (Å²) in [5.74, 6) is -1.44. The van der Waals surface area contributed by atoms with Crippen LogP contribution in [0.15, 0.2) is 78.9 Å². The zero-order chi connectivity index (χ0) is 17.2. The highest BCUT2D eigenvalue weighted by Crippen LogP contribution is 2.44. The minimum absolute atomic E-state index is 0.111. The Morgan fingerprint density at radius 1 is 0.750 bits per heavy atom. The Hall–Kier alpha value is -3.27. The van der Waals surface area contributed by atoms with Crippen LogP contribution in [-0.4, -0.2) is 21.3 Å². The Balaban J connectivity index is 2.44. The highest BCUT2D eigenvalue weighted by molar-refractivity contribution is 5.92. The van der Waals surface area contributed by atoms with Crippen LogP contribution in [0.2, 0.25) is 0 Å². The van der Waals surface area contributed by atoms with Gasteiger partial charge < -0.3 is 15.3 Å². The van der Waals surface area contributed by atoms with Crippen LogP contribution in [0, 0.1) is 0 Å². The Morgan fingerprint density at radius 2 is 1.25 bits per heavy atom. The first-order valence-corrected chi connectivity index (χ1v) is 7.43. The van der Waals surface area contributed by atoms with Crippen molar-refractivity contribution in [2.24, 2.45) is 0 Å². The lowest BCUT2D eigenvalue weighted by atomic mass is 9.69. The molecule has 0 aliphatic heterocycles. The number of carboxylic acid groups (broad SMARTS) is 1. The van der Waals surface area contributed by atoms with Crippen LogP contribution < -0.4 is 0 Å². The van der Waals surface area contributed by atoms with Gasteiger partial charge in [0.15, 0.2) is 0 Å². The lowest BCUT2D eigenvalue weighted by Gasteiger charge is -2.32. The minimum Gasteiger partial charge on any atom is -0.508 e. The quantitative estimate of drug-likeness (QED) is 0.508. The van der Waals surface area contributed by atoms with Gasteiger partial charge in [-0.3, -0.25) is 4.79 Å². The molecule has 3 N–H and O–H groups in total. The summed E-state index contributed by atoms with van der Waals surface area (Å²) < 4.78 is 0. The van der Waals surface area contributed by atoms with E-state index in [4.69, 9.17) is 0 Å². The molecule has 0 aliphatic carbocycles. The highest BCUT2D eigenvalue weighted by Gasteiger charge is 2.46. The van der Waals surface area contributed by atoms with E-state index in [1.807, 2.05) is 0 Å². The molecule has 0 unspecified atom stereocenters. The third-order valence-corrected chi connectivity index (χ3v) is 4.12. The smallest absolute Gasteiger partial charge is 0.323 e. The molecule has 0 heterocycles. The first-order valence-electron chi connectivity index (χ1n) is 7.43. The van der Waals surface area contributed by atoms with Crippen molar-refractivity contribution in [3.8, 4) is 11.5 Å². The number of phenols is 2. The molecule has 0 atom stereocenters. The second-order valence-corrected chi connectivity index (χ2v) is 5.49. The maximum atomic E-state index is 12.5. The SMILES string of the molecule is O=C(O)C(c1ccccc1)(c1ccccc1)c1cc(O)ccc1O. The zero-order valence-corrected chi connectivity index (χ0v) is 12.8. The van der Waals surface area contributed by atoms with E-state index in [1.165, 1.54) is 18.2 Å². The van der Waals surface area contributed by atoms with Gasteiger partial charge in [-0.05, 0) is 29.3 Å². The second-order valence-electron chi connectivity index (χ2n) is 5.49. The molecule has 4 nitrogen and oxygen atoms in total. The molecule has 3 rings (SSSR count). The van der Waals surface area contributed by atoms with Crippen molar-refractivity contribution in [1.82, 2.24) is 0 Å². The predicted octanol–water partition coefficient (Wildman–Crippen LogP) is 3.52. The van der Waals surface area contributed by atoms with Gasteiger partial charge in [0.25, 0.3) is 0 Å². The van der Waals surface area contributed by atoms with E-state index in [-0.39, 0.29) is 17.1 Å². The van der Waals surface area contributed by atoms with Gasteiger partial charge in [0.05, 0.1) is 0 Å². The fourth-order valence-electron chi connectivity index (χ4n) is 3.04. The van der Waals surface area contributed by atoms with Gasteiger partial charge in [0.2, 0.25) is 0 Å². The van der Waals surface area contributed by atoms with Crippen molar-refractivity contribution < 1.29 is 20.1 Å². The van der Waals surface area contributed by atoms with Crippen LogP contribution in [0.4, 0.5) is 0 Å². The average Bonchev–Trinajstić information content (AvgIpc) is 2.60. The third-order valence-electron chi connectivity index (χ3n) is 4.12. The molecule has 0 aliphatic rings. The molecule has 0 bridgehead atoms. The summed E-state index contributed by atoms with van der Waals surface area (Å²) in [6.45, 7) is 0. The monoisotopic (exact) mass is 320 g/mol. The van der Waals surface area contributed by atoms with Crippen LogP contribution in [0.5, 0.6) is 11.5 Å². The van der Waals surface area contributed by atoms with Gasteiger partial charge in [-0.15, -0.1) is 0 Å². The topological polar surface area (TPSA) is 77.8 Å². The van der Waals surface area contributed by atoms with E-state index in [1.54, 1.807) is 60.7 Å². The maximum absolute atomic E-state index is 12.5. The molecular weight excluding hydrogens is 304 g/mol. The fourth-order valence-corrected chi connectivity index (χ4v) is 3.04. The number of aliphatic carboxylic acids is 1. The molecule has 0 aromatic heterocycles. The molecule has 0 spiro atoms.